The van der Waals surface area contributed by atoms with Crippen molar-refractivity contribution in [2.75, 3.05) is 7.11 Å². The lowest BCUT2D eigenvalue weighted by Crippen LogP contribution is -2.40. The summed E-state index contributed by atoms with van der Waals surface area (Å²) in [5.74, 6) is 1.04. The number of nitrogens with zero attached hydrogens (tertiary/aromatic N) is 1. The van der Waals surface area contributed by atoms with Crippen LogP contribution in [0.4, 0.5) is 0 Å². The van der Waals surface area contributed by atoms with Crippen LogP contribution in [-0.4, -0.2) is 30.1 Å². The summed E-state index contributed by atoms with van der Waals surface area (Å²) in [7, 11) is 1.56. The topological polar surface area (TPSA) is 86.5 Å². The van der Waals surface area contributed by atoms with Gasteiger partial charge in [-0.25, -0.2) is 4.98 Å². The smallest absolute Gasteiger partial charge is 0.251 e. The molecule has 0 radical (unpaired) electrons. The van der Waals surface area contributed by atoms with Crippen molar-refractivity contribution in [1.29, 1.82) is 0 Å². The quantitative estimate of drug-likeness (QED) is 0.826. The van der Waals surface area contributed by atoms with E-state index < -0.39 is 0 Å². The fourth-order valence-corrected chi connectivity index (χ4v) is 3.46. The van der Waals surface area contributed by atoms with Crippen LogP contribution in [0.2, 0.25) is 0 Å². The SMILES string of the molecule is COc1cc(C(=O)NC2CCC(N)CC2)ccc1OCc1cscn1. The largest absolute Gasteiger partial charge is 0.493 e. The molecular formula is C18H23N3O3S. The lowest BCUT2D eigenvalue weighted by atomic mass is 9.91. The third-order valence-corrected chi connectivity index (χ3v) is 5.03. The fourth-order valence-electron chi connectivity index (χ4n) is 2.92. The van der Waals surface area contributed by atoms with Crippen LogP contribution in [0.15, 0.2) is 29.1 Å². The number of nitrogens with one attached hydrogen (secondary N) is 1. The van der Waals surface area contributed by atoms with Crippen LogP contribution in [0.3, 0.4) is 0 Å². The molecule has 3 N–H and O–H groups in total. The zero-order valence-corrected chi connectivity index (χ0v) is 15.1. The van der Waals surface area contributed by atoms with E-state index >= 15 is 0 Å². The first-order chi connectivity index (χ1) is 12.2. The predicted molar refractivity (Wildman–Crippen MR) is 97.1 cm³/mol. The lowest BCUT2D eigenvalue weighted by molar-refractivity contribution is 0.0925. The number of ether oxygens (including phenoxy) is 2. The molecule has 0 bridgehead atoms. The summed E-state index contributed by atoms with van der Waals surface area (Å²) < 4.78 is 11.1. The number of aromatic nitrogens is 1. The van der Waals surface area contributed by atoms with Crippen LogP contribution < -0.4 is 20.5 Å². The third-order valence-electron chi connectivity index (χ3n) is 4.39. The summed E-state index contributed by atoms with van der Waals surface area (Å²) in [6.07, 6.45) is 3.77. The normalized spacial score (nSPS) is 20.1. The molecule has 1 amide bonds. The monoisotopic (exact) mass is 361 g/mol. The molecule has 1 aromatic carbocycles. The van der Waals surface area contributed by atoms with E-state index in [4.69, 9.17) is 15.2 Å². The number of hydrogen-bond donors (Lipinski definition) is 2. The second-order valence-corrected chi connectivity index (χ2v) is 6.94. The first kappa shape index (κ1) is 17.7. The van der Waals surface area contributed by atoms with Crippen molar-refractivity contribution in [3.8, 4) is 11.5 Å². The van der Waals surface area contributed by atoms with Gasteiger partial charge in [-0.05, 0) is 43.9 Å². The summed E-state index contributed by atoms with van der Waals surface area (Å²) in [4.78, 5) is 16.7. The molecule has 1 fully saturated rings. The number of thiazole rings is 1. The Morgan fingerprint density at radius 2 is 2.12 bits per heavy atom. The Kier molecular flexibility index (Phi) is 5.88. The van der Waals surface area contributed by atoms with E-state index in [2.05, 4.69) is 10.3 Å². The number of carbonyl (C=O) groups is 1. The van der Waals surface area contributed by atoms with Crippen molar-refractivity contribution < 1.29 is 14.3 Å². The highest BCUT2D eigenvalue weighted by atomic mass is 32.1. The summed E-state index contributed by atoms with van der Waals surface area (Å²) >= 11 is 1.52. The Morgan fingerprint density at radius 3 is 2.80 bits per heavy atom. The van der Waals surface area contributed by atoms with E-state index in [0.717, 1.165) is 31.4 Å². The Hall–Kier alpha value is -2.12. The Labute approximate surface area is 151 Å². The second kappa shape index (κ2) is 8.31. The molecule has 3 rings (SSSR count). The molecular weight excluding hydrogens is 338 g/mol. The van der Waals surface area contributed by atoms with Gasteiger partial charge in [0.25, 0.3) is 5.91 Å². The Morgan fingerprint density at radius 1 is 1.32 bits per heavy atom. The summed E-state index contributed by atoms with van der Waals surface area (Å²) in [6, 6.07) is 5.68. The maximum atomic E-state index is 12.5. The molecule has 1 aliphatic carbocycles. The number of hydrogen-bond acceptors (Lipinski definition) is 6. The van der Waals surface area contributed by atoms with Gasteiger partial charge in [0.15, 0.2) is 11.5 Å². The molecule has 0 spiro atoms. The zero-order chi connectivity index (χ0) is 17.6. The molecule has 0 atom stereocenters. The standard InChI is InChI=1S/C18H23N3O3S/c1-23-17-8-12(18(22)21-14-5-3-13(19)4-6-14)2-7-16(17)24-9-15-10-25-11-20-15/h2,7-8,10-11,13-14H,3-6,9,19H2,1H3,(H,21,22). The Bertz CT molecular complexity index is 698. The number of benzene rings is 1. The molecule has 1 saturated carbocycles. The van der Waals surface area contributed by atoms with Gasteiger partial charge in [-0.2, -0.15) is 0 Å². The molecule has 7 heteroatoms. The molecule has 1 aromatic heterocycles. The van der Waals surface area contributed by atoms with E-state index in [1.807, 2.05) is 5.38 Å². The van der Waals surface area contributed by atoms with E-state index in [0.29, 0.717) is 23.7 Å². The van der Waals surface area contributed by atoms with Crippen LogP contribution in [0.5, 0.6) is 11.5 Å². The van der Waals surface area contributed by atoms with Crippen LogP contribution >= 0.6 is 11.3 Å². The van der Waals surface area contributed by atoms with Gasteiger partial charge in [0.05, 0.1) is 18.3 Å². The maximum absolute atomic E-state index is 12.5. The minimum Gasteiger partial charge on any atom is -0.493 e. The third kappa shape index (κ3) is 4.70. The highest BCUT2D eigenvalue weighted by Gasteiger charge is 2.21. The summed E-state index contributed by atoms with van der Waals surface area (Å²) in [6.45, 7) is 0.369. The molecule has 0 saturated heterocycles. The van der Waals surface area contributed by atoms with Crippen LogP contribution in [0, 0.1) is 0 Å². The highest BCUT2D eigenvalue weighted by Crippen LogP contribution is 2.29. The van der Waals surface area contributed by atoms with Crippen molar-refractivity contribution >= 4 is 17.2 Å². The van der Waals surface area contributed by atoms with Gasteiger partial charge in [-0.15, -0.1) is 11.3 Å². The summed E-state index contributed by atoms with van der Waals surface area (Å²) in [5, 5.41) is 5.02. The first-order valence-corrected chi connectivity index (χ1v) is 9.34. The Balaban J connectivity index is 1.62. The van der Waals surface area contributed by atoms with Gasteiger partial charge in [-0.1, -0.05) is 0 Å². The van der Waals surface area contributed by atoms with Crippen LogP contribution in [0.25, 0.3) is 0 Å². The van der Waals surface area contributed by atoms with Gasteiger partial charge in [-0.3, -0.25) is 4.79 Å². The van der Waals surface area contributed by atoms with Gasteiger partial charge in [0.2, 0.25) is 0 Å². The molecule has 0 aliphatic heterocycles. The minimum absolute atomic E-state index is 0.0928. The van der Waals surface area contributed by atoms with Crippen molar-refractivity contribution in [3.05, 3.63) is 40.3 Å². The van der Waals surface area contributed by atoms with Crippen molar-refractivity contribution in [2.24, 2.45) is 5.73 Å². The summed E-state index contributed by atoms with van der Waals surface area (Å²) in [5.41, 5.74) is 9.10. The van der Waals surface area contributed by atoms with Gasteiger partial charge < -0.3 is 20.5 Å². The van der Waals surface area contributed by atoms with Crippen molar-refractivity contribution in [2.45, 2.75) is 44.4 Å². The maximum Gasteiger partial charge on any atom is 0.251 e. The molecule has 6 nitrogen and oxygen atoms in total. The highest BCUT2D eigenvalue weighted by molar-refractivity contribution is 7.07. The average Bonchev–Trinajstić information content (AvgIpc) is 3.15. The van der Waals surface area contributed by atoms with Crippen molar-refractivity contribution in [1.82, 2.24) is 10.3 Å². The number of rotatable bonds is 6. The molecule has 2 aromatic rings. The van der Waals surface area contributed by atoms with E-state index in [-0.39, 0.29) is 18.0 Å². The predicted octanol–water partition coefficient (Wildman–Crippen LogP) is 2.73. The lowest BCUT2D eigenvalue weighted by Gasteiger charge is -2.26. The van der Waals surface area contributed by atoms with Crippen molar-refractivity contribution in [3.63, 3.8) is 0 Å². The fraction of sp³-hybridized carbons (Fsp3) is 0.444. The van der Waals surface area contributed by atoms with Gasteiger partial charge in [0.1, 0.15) is 6.61 Å². The first-order valence-electron chi connectivity index (χ1n) is 8.40. The van der Waals surface area contributed by atoms with Gasteiger partial charge >= 0.3 is 0 Å². The van der Waals surface area contributed by atoms with Crippen LogP contribution in [0.1, 0.15) is 41.7 Å². The average molecular weight is 361 g/mol. The molecule has 25 heavy (non-hydrogen) atoms. The van der Waals surface area contributed by atoms with E-state index in [9.17, 15) is 4.79 Å². The van der Waals surface area contributed by atoms with Crippen LogP contribution in [-0.2, 0) is 6.61 Å². The molecule has 1 aliphatic rings. The number of carbonyl (C=O) groups excluding carboxylic acids is 1. The molecule has 134 valence electrons. The molecule has 0 unspecified atom stereocenters. The number of nitrogens with two attached hydrogens (primary N) is 1. The van der Waals surface area contributed by atoms with Gasteiger partial charge in [0, 0.05) is 23.0 Å². The number of methoxy groups -OCH3 is 1. The molecule has 1 heterocycles. The zero-order valence-electron chi connectivity index (χ0n) is 14.2. The minimum atomic E-state index is -0.0928. The number of amides is 1. The van der Waals surface area contributed by atoms with E-state index in [1.165, 1.54) is 11.3 Å². The van der Waals surface area contributed by atoms with E-state index in [1.54, 1.807) is 30.8 Å². The second-order valence-electron chi connectivity index (χ2n) is 6.22.